The van der Waals surface area contributed by atoms with Gasteiger partial charge in [0.25, 0.3) is 0 Å². The summed E-state index contributed by atoms with van der Waals surface area (Å²) in [5.41, 5.74) is 6.39. The molecule has 0 amide bonds. The molecule has 1 atom stereocenters. The molecular formula is C13H23N5. The van der Waals surface area contributed by atoms with Gasteiger partial charge in [0.2, 0.25) is 0 Å². The van der Waals surface area contributed by atoms with Gasteiger partial charge in [0.05, 0.1) is 6.54 Å². The van der Waals surface area contributed by atoms with E-state index in [0.717, 1.165) is 37.9 Å². The Morgan fingerprint density at radius 1 is 1.28 bits per heavy atom. The lowest BCUT2D eigenvalue weighted by Gasteiger charge is -2.33. The average Bonchev–Trinajstić information content (AvgIpc) is 2.87. The number of fused-ring (bicyclic) bond motifs is 1. The molecule has 0 saturated heterocycles. The highest BCUT2D eigenvalue weighted by atomic mass is 15.3. The minimum absolute atomic E-state index is 0.333. The second-order valence-electron chi connectivity index (χ2n) is 5.74. The third-order valence-corrected chi connectivity index (χ3v) is 4.44. The van der Waals surface area contributed by atoms with Crippen molar-refractivity contribution in [2.24, 2.45) is 11.7 Å². The van der Waals surface area contributed by atoms with Gasteiger partial charge < -0.3 is 10.3 Å². The molecule has 2 heterocycles. The van der Waals surface area contributed by atoms with Gasteiger partial charge in [0.1, 0.15) is 12.2 Å². The quantitative estimate of drug-likeness (QED) is 0.868. The highest BCUT2D eigenvalue weighted by Gasteiger charge is 2.24. The fraction of sp³-hybridized carbons (Fsp3) is 0.846. The third-order valence-electron chi connectivity index (χ3n) is 4.44. The van der Waals surface area contributed by atoms with Gasteiger partial charge >= 0.3 is 0 Å². The van der Waals surface area contributed by atoms with Crippen molar-refractivity contribution in [3.63, 3.8) is 0 Å². The monoisotopic (exact) mass is 249 g/mol. The van der Waals surface area contributed by atoms with Crippen LogP contribution in [0.4, 0.5) is 0 Å². The topological polar surface area (TPSA) is 60.0 Å². The molecule has 1 unspecified atom stereocenters. The zero-order chi connectivity index (χ0) is 12.4. The highest BCUT2D eigenvalue weighted by Crippen LogP contribution is 2.26. The summed E-state index contributed by atoms with van der Waals surface area (Å²) >= 11 is 0. The largest absolute Gasteiger partial charge is 0.326 e. The maximum Gasteiger partial charge on any atom is 0.147 e. The van der Waals surface area contributed by atoms with Crippen molar-refractivity contribution < 1.29 is 0 Å². The van der Waals surface area contributed by atoms with E-state index in [-0.39, 0.29) is 0 Å². The van der Waals surface area contributed by atoms with Crippen LogP contribution in [0.15, 0.2) is 6.33 Å². The Kier molecular flexibility index (Phi) is 3.61. The summed E-state index contributed by atoms with van der Waals surface area (Å²) in [7, 11) is 0. The number of nitrogens with two attached hydrogens (primary N) is 1. The Morgan fingerprint density at radius 2 is 2.11 bits per heavy atom. The Balaban J connectivity index is 1.54. The fourth-order valence-electron chi connectivity index (χ4n) is 3.28. The van der Waals surface area contributed by atoms with Crippen LogP contribution in [0.25, 0.3) is 0 Å². The van der Waals surface area contributed by atoms with E-state index >= 15 is 0 Å². The molecule has 1 fully saturated rings. The predicted molar refractivity (Wildman–Crippen MR) is 69.8 cm³/mol. The van der Waals surface area contributed by atoms with Crippen LogP contribution in [0, 0.1) is 5.92 Å². The number of rotatable bonds is 3. The molecule has 5 heteroatoms. The molecule has 1 aliphatic carbocycles. The average molecular weight is 249 g/mol. The lowest BCUT2D eigenvalue weighted by molar-refractivity contribution is 0.173. The van der Waals surface area contributed by atoms with Gasteiger partial charge in [-0.25, -0.2) is 0 Å². The van der Waals surface area contributed by atoms with Gasteiger partial charge in [0.15, 0.2) is 0 Å². The van der Waals surface area contributed by atoms with E-state index in [2.05, 4.69) is 19.7 Å². The van der Waals surface area contributed by atoms with Gasteiger partial charge in [-0.2, -0.15) is 0 Å². The number of nitrogens with zero attached hydrogens (tertiary/aromatic N) is 4. The van der Waals surface area contributed by atoms with Crippen molar-refractivity contribution in [2.75, 3.05) is 13.1 Å². The van der Waals surface area contributed by atoms with Crippen LogP contribution in [0.2, 0.25) is 0 Å². The van der Waals surface area contributed by atoms with Crippen molar-refractivity contribution in [3.05, 3.63) is 12.2 Å². The van der Waals surface area contributed by atoms with E-state index in [9.17, 15) is 0 Å². The molecule has 100 valence electrons. The van der Waals surface area contributed by atoms with E-state index in [0.29, 0.717) is 6.04 Å². The van der Waals surface area contributed by atoms with Crippen LogP contribution in [-0.2, 0) is 13.1 Å². The first kappa shape index (κ1) is 12.1. The Bertz CT molecular complexity index is 382. The zero-order valence-corrected chi connectivity index (χ0v) is 11.0. The van der Waals surface area contributed by atoms with Crippen molar-refractivity contribution in [2.45, 2.75) is 51.2 Å². The van der Waals surface area contributed by atoms with Gasteiger partial charge in [-0.15, -0.1) is 10.2 Å². The molecule has 0 bridgehead atoms. The highest BCUT2D eigenvalue weighted by molar-refractivity contribution is 4.91. The number of aromatic nitrogens is 3. The second-order valence-corrected chi connectivity index (χ2v) is 5.74. The maximum atomic E-state index is 6.39. The molecule has 18 heavy (non-hydrogen) atoms. The first-order chi connectivity index (χ1) is 8.83. The third kappa shape index (κ3) is 2.57. The SMILES string of the molecule is NC(CN1CCn2cnnc2C1)C1CCCCC1. The van der Waals surface area contributed by atoms with Gasteiger partial charge in [-0.3, -0.25) is 4.90 Å². The van der Waals surface area contributed by atoms with E-state index in [1.165, 1.54) is 32.1 Å². The summed E-state index contributed by atoms with van der Waals surface area (Å²) in [6, 6.07) is 0.333. The molecule has 1 aliphatic heterocycles. The zero-order valence-electron chi connectivity index (χ0n) is 11.0. The normalized spacial score (nSPS) is 23.8. The summed E-state index contributed by atoms with van der Waals surface area (Å²) in [5.74, 6) is 1.82. The van der Waals surface area contributed by atoms with Crippen molar-refractivity contribution >= 4 is 0 Å². The lowest BCUT2D eigenvalue weighted by Crippen LogP contribution is -2.45. The van der Waals surface area contributed by atoms with Gasteiger partial charge in [-0.05, 0) is 18.8 Å². The predicted octanol–water partition coefficient (Wildman–Crippen LogP) is 1.00. The number of hydrogen-bond donors (Lipinski definition) is 1. The van der Waals surface area contributed by atoms with Gasteiger partial charge in [-0.1, -0.05) is 19.3 Å². The van der Waals surface area contributed by atoms with E-state index in [1.54, 1.807) is 0 Å². The molecule has 1 aromatic heterocycles. The molecule has 1 aromatic rings. The summed E-state index contributed by atoms with van der Waals surface area (Å²) in [6.07, 6.45) is 8.61. The van der Waals surface area contributed by atoms with Crippen LogP contribution >= 0.6 is 0 Å². The molecule has 0 radical (unpaired) electrons. The maximum absolute atomic E-state index is 6.39. The van der Waals surface area contributed by atoms with Crippen LogP contribution < -0.4 is 5.73 Å². The molecular weight excluding hydrogens is 226 g/mol. The fourth-order valence-corrected chi connectivity index (χ4v) is 3.28. The van der Waals surface area contributed by atoms with Crippen LogP contribution in [0.5, 0.6) is 0 Å². The first-order valence-electron chi connectivity index (χ1n) is 7.17. The Morgan fingerprint density at radius 3 is 2.94 bits per heavy atom. The standard InChI is InChI=1S/C13H23N5/c14-12(11-4-2-1-3-5-11)8-17-6-7-18-10-15-16-13(18)9-17/h10-12H,1-9,14H2. The molecule has 1 saturated carbocycles. The lowest BCUT2D eigenvalue weighted by atomic mass is 9.84. The molecule has 0 spiro atoms. The Hall–Kier alpha value is -0.940. The summed E-state index contributed by atoms with van der Waals surface area (Å²) < 4.78 is 2.14. The van der Waals surface area contributed by atoms with Gasteiger partial charge in [0, 0.05) is 25.7 Å². The summed E-state index contributed by atoms with van der Waals surface area (Å²) in [6.45, 7) is 3.99. The molecule has 2 aliphatic rings. The number of hydrogen-bond acceptors (Lipinski definition) is 4. The summed E-state index contributed by atoms with van der Waals surface area (Å²) in [5, 5.41) is 8.12. The van der Waals surface area contributed by atoms with Crippen LogP contribution in [0.3, 0.4) is 0 Å². The Labute approximate surface area is 108 Å². The second kappa shape index (κ2) is 5.36. The van der Waals surface area contributed by atoms with E-state index < -0.39 is 0 Å². The van der Waals surface area contributed by atoms with Crippen molar-refractivity contribution in [3.8, 4) is 0 Å². The molecule has 5 nitrogen and oxygen atoms in total. The van der Waals surface area contributed by atoms with Crippen LogP contribution in [0.1, 0.15) is 37.9 Å². The summed E-state index contributed by atoms with van der Waals surface area (Å²) in [4.78, 5) is 2.43. The van der Waals surface area contributed by atoms with E-state index in [1.807, 2.05) is 6.33 Å². The minimum Gasteiger partial charge on any atom is -0.326 e. The molecule has 3 rings (SSSR count). The van der Waals surface area contributed by atoms with Crippen molar-refractivity contribution in [1.29, 1.82) is 0 Å². The van der Waals surface area contributed by atoms with E-state index in [4.69, 9.17) is 5.73 Å². The first-order valence-corrected chi connectivity index (χ1v) is 7.17. The molecule has 0 aromatic carbocycles. The smallest absolute Gasteiger partial charge is 0.147 e. The van der Waals surface area contributed by atoms with Crippen molar-refractivity contribution in [1.82, 2.24) is 19.7 Å². The molecule has 2 N–H and O–H groups in total. The minimum atomic E-state index is 0.333. The van der Waals surface area contributed by atoms with Crippen LogP contribution in [-0.4, -0.2) is 38.8 Å².